The van der Waals surface area contributed by atoms with Gasteiger partial charge in [0.05, 0.1) is 4.88 Å². The Morgan fingerprint density at radius 1 is 1.00 bits per heavy atom. The summed E-state index contributed by atoms with van der Waals surface area (Å²) in [5.41, 5.74) is 12.4. The van der Waals surface area contributed by atoms with Crippen LogP contribution in [0.3, 0.4) is 0 Å². The third-order valence-corrected chi connectivity index (χ3v) is 4.48. The number of thiazole rings is 1. The largest absolute Gasteiger partial charge is 0.375 e. The molecular weight excluding hydrogens is 252 g/mol. The molecule has 92 valence electrons. The topological polar surface area (TPSA) is 38.9 Å². The number of nitrogen functional groups attached to an aromatic ring is 1. The van der Waals surface area contributed by atoms with Gasteiger partial charge in [0, 0.05) is 6.20 Å². The first kappa shape index (κ1) is 10.8. The minimum atomic E-state index is 0.621. The zero-order valence-corrected chi connectivity index (χ0v) is 11.1. The van der Waals surface area contributed by atoms with Crippen molar-refractivity contribution in [3.63, 3.8) is 0 Å². The molecule has 0 atom stereocenters. The maximum atomic E-state index is 5.71. The molecular formula is C16H12N2S. The minimum absolute atomic E-state index is 0.621. The Bertz CT molecular complexity index is 774. The van der Waals surface area contributed by atoms with Gasteiger partial charge >= 0.3 is 0 Å². The normalized spacial score (nSPS) is 12.2. The highest BCUT2D eigenvalue weighted by molar-refractivity contribution is 7.18. The molecule has 3 heteroatoms. The average Bonchev–Trinajstić information content (AvgIpc) is 3.01. The number of rotatable bonds is 1. The Labute approximate surface area is 115 Å². The first-order valence-corrected chi connectivity index (χ1v) is 7.06. The lowest BCUT2D eigenvalue weighted by Gasteiger charge is -2.03. The number of benzene rings is 2. The molecule has 2 aromatic carbocycles. The van der Waals surface area contributed by atoms with Gasteiger partial charge in [-0.05, 0) is 40.3 Å². The van der Waals surface area contributed by atoms with Gasteiger partial charge in [0.15, 0.2) is 5.13 Å². The van der Waals surface area contributed by atoms with Gasteiger partial charge in [0.2, 0.25) is 0 Å². The summed E-state index contributed by atoms with van der Waals surface area (Å²) in [6, 6.07) is 15.3. The van der Waals surface area contributed by atoms with E-state index in [1.165, 1.54) is 39.2 Å². The third-order valence-electron chi connectivity index (χ3n) is 3.61. The lowest BCUT2D eigenvalue weighted by molar-refractivity contribution is 1.26. The van der Waals surface area contributed by atoms with Gasteiger partial charge in [0.1, 0.15) is 0 Å². The van der Waals surface area contributed by atoms with E-state index in [0.29, 0.717) is 5.13 Å². The lowest BCUT2D eigenvalue weighted by Crippen LogP contribution is -1.80. The monoisotopic (exact) mass is 264 g/mol. The molecule has 1 heterocycles. The van der Waals surface area contributed by atoms with E-state index in [9.17, 15) is 0 Å². The number of hydrogen-bond donors (Lipinski definition) is 1. The van der Waals surface area contributed by atoms with Crippen LogP contribution in [-0.4, -0.2) is 4.98 Å². The summed E-state index contributed by atoms with van der Waals surface area (Å²) in [6.45, 7) is 0. The highest BCUT2D eigenvalue weighted by atomic mass is 32.1. The van der Waals surface area contributed by atoms with Crippen LogP contribution in [0.2, 0.25) is 0 Å². The summed E-state index contributed by atoms with van der Waals surface area (Å²) < 4.78 is 0. The zero-order valence-electron chi connectivity index (χ0n) is 10.3. The van der Waals surface area contributed by atoms with E-state index in [2.05, 4.69) is 47.4 Å². The predicted octanol–water partition coefficient (Wildman–Crippen LogP) is 3.96. The molecule has 2 nitrogen and oxygen atoms in total. The molecule has 1 aromatic heterocycles. The Morgan fingerprint density at radius 2 is 1.84 bits per heavy atom. The van der Waals surface area contributed by atoms with Gasteiger partial charge in [-0.15, -0.1) is 0 Å². The van der Waals surface area contributed by atoms with E-state index in [1.54, 1.807) is 0 Å². The lowest BCUT2D eigenvalue weighted by atomic mass is 10.0. The molecule has 0 fully saturated rings. The van der Waals surface area contributed by atoms with E-state index < -0.39 is 0 Å². The molecule has 0 spiro atoms. The first-order valence-electron chi connectivity index (χ1n) is 6.24. The second-order valence-corrected chi connectivity index (χ2v) is 5.83. The van der Waals surface area contributed by atoms with Crippen molar-refractivity contribution < 1.29 is 0 Å². The van der Waals surface area contributed by atoms with Crippen molar-refractivity contribution in [2.24, 2.45) is 0 Å². The molecule has 3 aromatic rings. The Kier molecular flexibility index (Phi) is 2.23. The van der Waals surface area contributed by atoms with E-state index in [0.717, 1.165) is 11.3 Å². The summed E-state index contributed by atoms with van der Waals surface area (Å²) in [4.78, 5) is 5.26. The van der Waals surface area contributed by atoms with Crippen molar-refractivity contribution >= 4 is 16.5 Å². The van der Waals surface area contributed by atoms with Crippen LogP contribution in [0.5, 0.6) is 0 Å². The third kappa shape index (κ3) is 1.66. The van der Waals surface area contributed by atoms with Crippen molar-refractivity contribution in [2.45, 2.75) is 6.42 Å². The Hall–Kier alpha value is -2.13. The van der Waals surface area contributed by atoms with Crippen molar-refractivity contribution in [1.29, 1.82) is 0 Å². The second kappa shape index (κ2) is 3.93. The second-order valence-electron chi connectivity index (χ2n) is 4.77. The van der Waals surface area contributed by atoms with Gasteiger partial charge in [-0.25, -0.2) is 4.98 Å². The summed E-state index contributed by atoms with van der Waals surface area (Å²) in [5, 5.41) is 0.621. The summed E-state index contributed by atoms with van der Waals surface area (Å²) in [7, 11) is 0. The molecule has 2 N–H and O–H groups in total. The fourth-order valence-electron chi connectivity index (χ4n) is 2.70. The molecule has 0 saturated carbocycles. The average molecular weight is 264 g/mol. The van der Waals surface area contributed by atoms with E-state index in [4.69, 9.17) is 5.73 Å². The molecule has 0 saturated heterocycles. The summed E-state index contributed by atoms with van der Waals surface area (Å²) in [6.07, 6.45) is 2.89. The summed E-state index contributed by atoms with van der Waals surface area (Å²) in [5.74, 6) is 0. The molecule has 19 heavy (non-hydrogen) atoms. The van der Waals surface area contributed by atoms with E-state index >= 15 is 0 Å². The van der Waals surface area contributed by atoms with Crippen LogP contribution in [0, 0.1) is 0 Å². The van der Waals surface area contributed by atoms with Crippen LogP contribution >= 0.6 is 11.3 Å². The van der Waals surface area contributed by atoms with Crippen LogP contribution in [0.25, 0.3) is 21.6 Å². The fraction of sp³-hybridized carbons (Fsp3) is 0.0625. The molecule has 0 radical (unpaired) electrons. The maximum Gasteiger partial charge on any atom is 0.180 e. The van der Waals surface area contributed by atoms with E-state index in [-0.39, 0.29) is 0 Å². The molecule has 1 aliphatic rings. The highest BCUT2D eigenvalue weighted by Crippen LogP contribution is 2.39. The van der Waals surface area contributed by atoms with Crippen molar-refractivity contribution in [3.8, 4) is 21.6 Å². The van der Waals surface area contributed by atoms with Gasteiger partial charge < -0.3 is 5.73 Å². The van der Waals surface area contributed by atoms with Crippen LogP contribution < -0.4 is 5.73 Å². The molecule has 0 unspecified atom stereocenters. The SMILES string of the molecule is Nc1ncc(-c2ccc3c(c2)-c2ccccc2C3)s1. The molecule has 1 aliphatic carbocycles. The quantitative estimate of drug-likeness (QED) is 0.565. The minimum Gasteiger partial charge on any atom is -0.375 e. The molecule has 0 amide bonds. The number of anilines is 1. The number of nitrogens with zero attached hydrogens (tertiary/aromatic N) is 1. The van der Waals surface area contributed by atoms with E-state index in [1.807, 2.05) is 6.20 Å². The van der Waals surface area contributed by atoms with Crippen LogP contribution in [-0.2, 0) is 6.42 Å². The van der Waals surface area contributed by atoms with Crippen LogP contribution in [0.4, 0.5) is 5.13 Å². The number of fused-ring (bicyclic) bond motifs is 3. The van der Waals surface area contributed by atoms with Gasteiger partial charge in [0.25, 0.3) is 0 Å². The van der Waals surface area contributed by atoms with Gasteiger partial charge in [-0.3, -0.25) is 0 Å². The Balaban J connectivity index is 1.88. The molecule has 0 aliphatic heterocycles. The predicted molar refractivity (Wildman–Crippen MR) is 80.2 cm³/mol. The van der Waals surface area contributed by atoms with Crippen molar-refractivity contribution in [1.82, 2.24) is 4.98 Å². The van der Waals surface area contributed by atoms with Crippen LogP contribution in [0.1, 0.15) is 11.1 Å². The first-order chi connectivity index (χ1) is 9.31. The standard InChI is InChI=1S/C16H12N2S/c17-16-18-9-15(19-16)12-6-5-11-7-10-3-1-2-4-13(10)14(11)8-12/h1-6,8-9H,7H2,(H2,17,18). The maximum absolute atomic E-state index is 5.71. The van der Waals surface area contributed by atoms with Crippen LogP contribution in [0.15, 0.2) is 48.7 Å². The van der Waals surface area contributed by atoms with Gasteiger partial charge in [-0.2, -0.15) is 0 Å². The summed E-state index contributed by atoms with van der Waals surface area (Å²) >= 11 is 1.53. The Morgan fingerprint density at radius 3 is 2.68 bits per heavy atom. The molecule has 0 bridgehead atoms. The fourth-order valence-corrected chi connectivity index (χ4v) is 3.38. The number of nitrogens with two attached hydrogens (primary N) is 1. The van der Waals surface area contributed by atoms with Crippen molar-refractivity contribution in [3.05, 3.63) is 59.8 Å². The highest BCUT2D eigenvalue weighted by Gasteiger charge is 2.18. The molecule has 4 rings (SSSR count). The number of aromatic nitrogens is 1. The smallest absolute Gasteiger partial charge is 0.180 e. The zero-order chi connectivity index (χ0) is 12.8. The number of hydrogen-bond acceptors (Lipinski definition) is 3. The van der Waals surface area contributed by atoms with Gasteiger partial charge in [-0.1, -0.05) is 47.7 Å². The van der Waals surface area contributed by atoms with Crippen molar-refractivity contribution in [2.75, 3.05) is 5.73 Å².